The molecule has 0 atom stereocenters. The van der Waals surface area contributed by atoms with Gasteiger partial charge < -0.3 is 9.88 Å². The molecule has 4 aromatic rings. The maximum absolute atomic E-state index is 13.2. The summed E-state index contributed by atoms with van der Waals surface area (Å²) in [4.78, 5) is 12.9. The number of amides is 1. The molecule has 9 heteroatoms. The van der Waals surface area contributed by atoms with Gasteiger partial charge in [-0.15, -0.1) is 0 Å². The zero-order valence-electron chi connectivity index (χ0n) is 15.8. The van der Waals surface area contributed by atoms with Crippen LogP contribution in [0.2, 0.25) is 15.1 Å². The number of halogens is 3. The van der Waals surface area contributed by atoms with Crippen LogP contribution in [0.4, 0.5) is 5.69 Å². The van der Waals surface area contributed by atoms with Crippen LogP contribution in [0.15, 0.2) is 82.7 Å². The smallest absolute Gasteiger partial charge is 0.244 e. The first-order valence-electron chi connectivity index (χ1n) is 9.09. The Morgan fingerprint density at radius 1 is 0.903 bits per heavy atom. The number of nitrogens with zero attached hydrogens (tertiary/aromatic N) is 1. The Labute approximate surface area is 194 Å². The van der Waals surface area contributed by atoms with Gasteiger partial charge in [-0.25, -0.2) is 8.42 Å². The van der Waals surface area contributed by atoms with Crippen molar-refractivity contribution in [3.63, 3.8) is 0 Å². The normalized spacial score (nSPS) is 11.6. The molecule has 0 aliphatic carbocycles. The summed E-state index contributed by atoms with van der Waals surface area (Å²) in [6.07, 6.45) is 1.47. The van der Waals surface area contributed by atoms with E-state index < -0.39 is 9.84 Å². The number of hydrogen-bond acceptors (Lipinski definition) is 3. The number of nitrogens with one attached hydrogen (secondary N) is 1. The van der Waals surface area contributed by atoms with E-state index in [2.05, 4.69) is 5.32 Å². The highest BCUT2D eigenvalue weighted by molar-refractivity contribution is 7.91. The quantitative estimate of drug-likeness (QED) is 0.367. The van der Waals surface area contributed by atoms with Gasteiger partial charge in [0.15, 0.2) is 0 Å². The van der Waals surface area contributed by atoms with Crippen LogP contribution in [0.5, 0.6) is 0 Å². The van der Waals surface area contributed by atoms with E-state index in [1.807, 2.05) is 0 Å². The van der Waals surface area contributed by atoms with Crippen LogP contribution in [0, 0.1) is 0 Å². The molecular weight excluding hydrogens is 479 g/mol. The van der Waals surface area contributed by atoms with Gasteiger partial charge in [0, 0.05) is 27.1 Å². The summed E-state index contributed by atoms with van der Waals surface area (Å²) in [5.41, 5.74) is 1.04. The summed E-state index contributed by atoms with van der Waals surface area (Å²) in [6, 6.07) is 17.7. The van der Waals surface area contributed by atoms with Crippen molar-refractivity contribution < 1.29 is 13.2 Å². The molecule has 4 rings (SSSR count). The highest BCUT2D eigenvalue weighted by Crippen LogP contribution is 2.31. The molecule has 0 saturated heterocycles. The summed E-state index contributed by atoms with van der Waals surface area (Å²) < 4.78 is 28.1. The van der Waals surface area contributed by atoms with E-state index in [1.54, 1.807) is 41.0 Å². The zero-order valence-corrected chi connectivity index (χ0v) is 18.9. The third-order valence-electron chi connectivity index (χ3n) is 4.68. The predicted octanol–water partition coefficient (Wildman–Crippen LogP) is 6.07. The molecule has 31 heavy (non-hydrogen) atoms. The molecular formula is C22H15Cl3N2O3S. The van der Waals surface area contributed by atoms with Crippen molar-refractivity contribution in [3.8, 4) is 0 Å². The maximum atomic E-state index is 13.2. The third kappa shape index (κ3) is 4.43. The Kier molecular flexibility index (Phi) is 5.99. The van der Waals surface area contributed by atoms with Gasteiger partial charge in [-0.1, -0.05) is 53.0 Å². The third-order valence-corrected chi connectivity index (χ3v) is 7.28. The standard InChI is InChI=1S/C22H15Cl3N2O3S/c23-14-5-8-16(9-6-14)31(29,30)21-12-27(20-4-2-1-3-17(20)21)13-22(28)26-19-10-7-15(24)11-18(19)25/h1-12H,13H2,(H,26,28). The van der Waals surface area contributed by atoms with Crippen molar-refractivity contribution >= 4 is 67.1 Å². The molecule has 0 radical (unpaired) electrons. The summed E-state index contributed by atoms with van der Waals surface area (Å²) in [6.45, 7) is -0.102. The van der Waals surface area contributed by atoms with Gasteiger partial charge in [-0.3, -0.25) is 4.79 Å². The minimum atomic E-state index is -3.81. The average molecular weight is 494 g/mol. The van der Waals surface area contributed by atoms with E-state index in [1.165, 1.54) is 36.5 Å². The fourth-order valence-electron chi connectivity index (χ4n) is 3.23. The Bertz CT molecular complexity index is 1400. The number of benzene rings is 3. The Morgan fingerprint density at radius 2 is 1.58 bits per heavy atom. The molecule has 1 N–H and O–H groups in total. The van der Waals surface area contributed by atoms with Crippen molar-refractivity contribution in [1.29, 1.82) is 0 Å². The topological polar surface area (TPSA) is 68.2 Å². The molecule has 0 fully saturated rings. The molecule has 1 aromatic heterocycles. The fraction of sp³-hybridized carbons (Fsp3) is 0.0455. The van der Waals surface area contributed by atoms with E-state index in [0.717, 1.165) is 0 Å². The second-order valence-corrected chi connectivity index (χ2v) is 9.97. The highest BCUT2D eigenvalue weighted by Gasteiger charge is 2.24. The van der Waals surface area contributed by atoms with Crippen molar-refractivity contribution in [1.82, 2.24) is 4.57 Å². The van der Waals surface area contributed by atoms with Gasteiger partial charge >= 0.3 is 0 Å². The lowest BCUT2D eigenvalue weighted by atomic mass is 10.2. The summed E-state index contributed by atoms with van der Waals surface area (Å²) in [5.74, 6) is -0.361. The van der Waals surface area contributed by atoms with E-state index in [-0.39, 0.29) is 22.2 Å². The molecule has 0 aliphatic heterocycles. The number of sulfone groups is 1. The Morgan fingerprint density at radius 3 is 2.29 bits per heavy atom. The van der Waals surface area contributed by atoms with Crippen molar-refractivity contribution in [2.24, 2.45) is 0 Å². The van der Waals surface area contributed by atoms with Gasteiger partial charge in [0.2, 0.25) is 15.7 Å². The molecule has 3 aromatic carbocycles. The van der Waals surface area contributed by atoms with Crippen LogP contribution >= 0.6 is 34.8 Å². The predicted molar refractivity (Wildman–Crippen MR) is 124 cm³/mol. The lowest BCUT2D eigenvalue weighted by Gasteiger charge is -2.09. The van der Waals surface area contributed by atoms with Crippen LogP contribution in [0.25, 0.3) is 10.9 Å². The zero-order chi connectivity index (χ0) is 22.2. The van der Waals surface area contributed by atoms with Crippen molar-refractivity contribution in [3.05, 3.63) is 88.0 Å². The summed E-state index contributed by atoms with van der Waals surface area (Å²) >= 11 is 17.9. The molecule has 0 aliphatic rings. The largest absolute Gasteiger partial charge is 0.337 e. The molecule has 1 amide bonds. The number of carbonyl (C=O) groups excluding carboxylic acids is 1. The SMILES string of the molecule is O=C(Cn1cc(S(=O)(=O)c2ccc(Cl)cc2)c2ccccc21)Nc1ccc(Cl)cc1Cl. The van der Waals surface area contributed by atoms with Crippen LogP contribution in [0.3, 0.4) is 0 Å². The number of carbonyl (C=O) groups is 1. The molecule has 0 unspecified atom stereocenters. The Hall–Kier alpha value is -2.51. The Balaban J connectivity index is 1.70. The minimum absolute atomic E-state index is 0.102. The lowest BCUT2D eigenvalue weighted by molar-refractivity contribution is -0.116. The average Bonchev–Trinajstić information content (AvgIpc) is 3.10. The number of fused-ring (bicyclic) bond motifs is 1. The van der Waals surface area contributed by atoms with E-state index in [0.29, 0.717) is 31.7 Å². The van der Waals surface area contributed by atoms with E-state index >= 15 is 0 Å². The second kappa shape index (κ2) is 8.55. The van der Waals surface area contributed by atoms with E-state index in [9.17, 15) is 13.2 Å². The highest BCUT2D eigenvalue weighted by atomic mass is 35.5. The summed E-state index contributed by atoms with van der Waals surface area (Å²) in [7, 11) is -3.81. The van der Waals surface area contributed by atoms with Crippen molar-refractivity contribution in [2.75, 3.05) is 5.32 Å². The van der Waals surface area contributed by atoms with Gasteiger partial charge in [0.05, 0.1) is 20.5 Å². The van der Waals surface area contributed by atoms with Crippen LogP contribution in [-0.4, -0.2) is 18.9 Å². The van der Waals surface area contributed by atoms with Crippen LogP contribution in [-0.2, 0) is 21.2 Å². The summed E-state index contributed by atoms with van der Waals surface area (Å²) in [5, 5.41) is 4.45. The molecule has 0 spiro atoms. The minimum Gasteiger partial charge on any atom is -0.337 e. The molecule has 1 heterocycles. The number of anilines is 1. The number of aromatic nitrogens is 1. The first-order valence-corrected chi connectivity index (χ1v) is 11.7. The number of hydrogen-bond donors (Lipinski definition) is 1. The van der Waals surface area contributed by atoms with Crippen molar-refractivity contribution in [2.45, 2.75) is 16.3 Å². The first-order chi connectivity index (χ1) is 14.8. The number of para-hydroxylation sites is 1. The first kappa shape index (κ1) is 21.7. The number of rotatable bonds is 5. The van der Waals surface area contributed by atoms with Gasteiger partial charge in [-0.2, -0.15) is 0 Å². The lowest BCUT2D eigenvalue weighted by Crippen LogP contribution is -2.18. The maximum Gasteiger partial charge on any atom is 0.244 e. The van der Waals surface area contributed by atoms with Crippen LogP contribution in [0.1, 0.15) is 0 Å². The molecule has 0 saturated carbocycles. The van der Waals surface area contributed by atoms with Gasteiger partial charge in [-0.05, 0) is 48.5 Å². The fourth-order valence-corrected chi connectivity index (χ4v) is 5.29. The molecule has 158 valence electrons. The van der Waals surface area contributed by atoms with Gasteiger partial charge in [0.1, 0.15) is 6.54 Å². The van der Waals surface area contributed by atoms with Gasteiger partial charge in [0.25, 0.3) is 0 Å². The van der Waals surface area contributed by atoms with E-state index in [4.69, 9.17) is 34.8 Å². The molecule has 5 nitrogen and oxygen atoms in total. The monoisotopic (exact) mass is 492 g/mol. The molecule has 0 bridgehead atoms. The second-order valence-electron chi connectivity index (χ2n) is 6.77. The van der Waals surface area contributed by atoms with Crippen LogP contribution < -0.4 is 5.32 Å².